The van der Waals surface area contributed by atoms with Gasteiger partial charge in [-0.25, -0.2) is 4.68 Å². The topological polar surface area (TPSA) is 76.2 Å². The summed E-state index contributed by atoms with van der Waals surface area (Å²) >= 11 is 0. The number of carbonyl (C=O) groups excluding carboxylic acids is 1. The molecule has 1 unspecified atom stereocenters. The number of hydrogen-bond donors (Lipinski definition) is 2. The van der Waals surface area contributed by atoms with Crippen LogP contribution in [0.25, 0.3) is 5.69 Å². The Morgan fingerprint density at radius 1 is 1.31 bits per heavy atom. The molecule has 140 valence electrons. The molecule has 1 amide bonds. The molecule has 3 rings (SSSR count). The summed E-state index contributed by atoms with van der Waals surface area (Å²) in [4.78, 5) is 14.8. The third-order valence-electron chi connectivity index (χ3n) is 5.31. The lowest BCUT2D eigenvalue weighted by molar-refractivity contribution is -0.118. The first-order chi connectivity index (χ1) is 12.3. The number of rotatable bonds is 4. The molecular weight excluding hydrogens is 326 g/mol. The van der Waals surface area contributed by atoms with Gasteiger partial charge in [0.15, 0.2) is 0 Å². The van der Waals surface area contributed by atoms with Gasteiger partial charge in [-0.2, -0.15) is 5.10 Å². The monoisotopic (exact) mass is 355 g/mol. The highest BCUT2D eigenvalue weighted by molar-refractivity contribution is 5.93. The number of aromatic nitrogens is 2. The molecule has 26 heavy (non-hydrogen) atoms. The van der Waals surface area contributed by atoms with E-state index in [1.54, 1.807) is 0 Å². The predicted molar refractivity (Wildman–Crippen MR) is 104 cm³/mol. The van der Waals surface area contributed by atoms with Crippen LogP contribution >= 0.6 is 0 Å². The van der Waals surface area contributed by atoms with E-state index < -0.39 is 0 Å². The van der Waals surface area contributed by atoms with Gasteiger partial charge in [-0.15, -0.1) is 0 Å². The molecule has 1 saturated heterocycles. The van der Waals surface area contributed by atoms with E-state index in [1.165, 1.54) is 0 Å². The normalized spacial score (nSPS) is 20.1. The number of hydrogen-bond acceptors (Lipinski definition) is 4. The van der Waals surface area contributed by atoms with Gasteiger partial charge < -0.3 is 11.1 Å². The molecule has 6 nitrogen and oxygen atoms in total. The average molecular weight is 355 g/mol. The average Bonchev–Trinajstić information content (AvgIpc) is 2.87. The smallest absolute Gasteiger partial charge is 0.238 e. The lowest BCUT2D eigenvalue weighted by Gasteiger charge is -2.42. The number of amides is 1. The third kappa shape index (κ3) is 3.81. The molecule has 1 aromatic carbocycles. The molecule has 0 bridgehead atoms. The third-order valence-corrected chi connectivity index (χ3v) is 5.31. The lowest BCUT2D eigenvalue weighted by atomic mass is 9.80. The van der Waals surface area contributed by atoms with Crippen molar-refractivity contribution in [1.82, 2.24) is 14.7 Å². The molecule has 0 saturated carbocycles. The van der Waals surface area contributed by atoms with Crippen LogP contribution in [0.1, 0.15) is 31.7 Å². The second kappa shape index (κ2) is 7.21. The summed E-state index contributed by atoms with van der Waals surface area (Å²) in [5.41, 5.74) is 9.76. The first-order valence-corrected chi connectivity index (χ1v) is 9.17. The first-order valence-electron chi connectivity index (χ1n) is 9.17. The Morgan fingerprint density at radius 2 is 2.00 bits per heavy atom. The largest absolute Gasteiger partial charge is 0.327 e. The SMILES string of the molecule is Cc1nn(-c2ccccc2)c(C)c1NC(=O)CN1CCC(N)C(C)(C)C1. The predicted octanol–water partition coefficient (Wildman–Crippen LogP) is 2.49. The second-order valence-electron chi connectivity index (χ2n) is 7.94. The summed E-state index contributed by atoms with van der Waals surface area (Å²) < 4.78 is 1.87. The maximum Gasteiger partial charge on any atom is 0.238 e. The summed E-state index contributed by atoms with van der Waals surface area (Å²) in [6, 6.07) is 10.1. The fourth-order valence-corrected chi connectivity index (χ4v) is 3.65. The molecule has 3 N–H and O–H groups in total. The van der Waals surface area contributed by atoms with E-state index in [-0.39, 0.29) is 17.4 Å². The van der Waals surface area contributed by atoms with Crippen molar-refractivity contribution in [3.8, 4) is 5.69 Å². The minimum absolute atomic E-state index is 0.00455. The molecule has 0 radical (unpaired) electrons. The van der Waals surface area contributed by atoms with Crippen LogP contribution < -0.4 is 11.1 Å². The van der Waals surface area contributed by atoms with Crippen molar-refractivity contribution in [2.24, 2.45) is 11.1 Å². The summed E-state index contributed by atoms with van der Waals surface area (Å²) in [5.74, 6) is -0.00455. The molecule has 1 aliphatic rings. The van der Waals surface area contributed by atoms with Crippen molar-refractivity contribution < 1.29 is 4.79 Å². The number of aryl methyl sites for hydroxylation is 1. The quantitative estimate of drug-likeness (QED) is 0.883. The van der Waals surface area contributed by atoms with Crippen LogP contribution in [0.5, 0.6) is 0 Å². The Kier molecular flexibility index (Phi) is 5.16. The number of piperidine rings is 1. The number of nitrogens with two attached hydrogens (primary N) is 1. The van der Waals surface area contributed by atoms with E-state index in [1.807, 2.05) is 48.9 Å². The minimum atomic E-state index is -0.00455. The lowest BCUT2D eigenvalue weighted by Crippen LogP contribution is -2.53. The number of para-hydroxylation sites is 1. The Morgan fingerprint density at radius 3 is 2.65 bits per heavy atom. The van der Waals surface area contributed by atoms with Gasteiger partial charge in [0, 0.05) is 19.1 Å². The zero-order chi connectivity index (χ0) is 18.9. The van der Waals surface area contributed by atoms with E-state index in [2.05, 4.69) is 29.2 Å². The van der Waals surface area contributed by atoms with Gasteiger partial charge in [-0.3, -0.25) is 9.69 Å². The maximum atomic E-state index is 12.6. The second-order valence-corrected chi connectivity index (χ2v) is 7.94. The number of likely N-dealkylation sites (tertiary alicyclic amines) is 1. The van der Waals surface area contributed by atoms with E-state index in [0.717, 1.165) is 42.3 Å². The molecule has 1 aromatic heterocycles. The molecule has 1 fully saturated rings. The molecule has 1 aliphatic heterocycles. The molecule has 2 aromatic rings. The Labute approximate surface area is 155 Å². The van der Waals surface area contributed by atoms with Gasteiger partial charge in [-0.1, -0.05) is 32.0 Å². The van der Waals surface area contributed by atoms with Crippen molar-refractivity contribution in [2.45, 2.75) is 40.2 Å². The number of anilines is 1. The summed E-state index contributed by atoms with van der Waals surface area (Å²) in [7, 11) is 0. The zero-order valence-corrected chi connectivity index (χ0v) is 16.1. The van der Waals surface area contributed by atoms with Crippen molar-refractivity contribution >= 4 is 11.6 Å². The van der Waals surface area contributed by atoms with Crippen LogP contribution in [0.15, 0.2) is 30.3 Å². The Bertz CT molecular complexity index is 781. The van der Waals surface area contributed by atoms with Crippen molar-refractivity contribution in [3.63, 3.8) is 0 Å². The summed E-state index contributed by atoms with van der Waals surface area (Å²) in [6.45, 7) is 10.3. The molecule has 0 spiro atoms. The van der Waals surface area contributed by atoms with Crippen molar-refractivity contribution in [1.29, 1.82) is 0 Å². The molecular formula is C20H29N5O. The van der Waals surface area contributed by atoms with E-state index >= 15 is 0 Å². The van der Waals surface area contributed by atoms with Gasteiger partial charge in [0.25, 0.3) is 0 Å². The van der Waals surface area contributed by atoms with Crippen LogP contribution in [-0.4, -0.2) is 46.3 Å². The van der Waals surface area contributed by atoms with E-state index in [0.29, 0.717) is 6.54 Å². The molecule has 0 aliphatic carbocycles. The van der Waals surface area contributed by atoms with E-state index in [9.17, 15) is 4.79 Å². The highest BCUT2D eigenvalue weighted by atomic mass is 16.2. The van der Waals surface area contributed by atoms with Gasteiger partial charge in [0.1, 0.15) is 0 Å². The summed E-state index contributed by atoms with van der Waals surface area (Å²) in [6.07, 6.45) is 0.921. The van der Waals surface area contributed by atoms with Crippen molar-refractivity contribution in [3.05, 3.63) is 41.7 Å². The fourth-order valence-electron chi connectivity index (χ4n) is 3.65. The minimum Gasteiger partial charge on any atom is -0.327 e. The molecule has 2 heterocycles. The van der Waals surface area contributed by atoms with Gasteiger partial charge in [0.05, 0.1) is 29.3 Å². The van der Waals surface area contributed by atoms with Crippen LogP contribution in [0.3, 0.4) is 0 Å². The standard InChI is InChI=1S/C20H29N5O/c1-14-19(15(2)25(23-14)16-8-6-5-7-9-16)22-18(26)12-24-11-10-17(21)20(3,4)13-24/h5-9,17H,10-13,21H2,1-4H3,(H,22,26). The van der Waals surface area contributed by atoms with Crippen LogP contribution in [0.4, 0.5) is 5.69 Å². The number of carbonyl (C=O) groups is 1. The Hall–Kier alpha value is -2.18. The first kappa shape index (κ1) is 18.6. The highest BCUT2D eigenvalue weighted by Crippen LogP contribution is 2.28. The number of nitrogens with one attached hydrogen (secondary N) is 1. The van der Waals surface area contributed by atoms with Crippen LogP contribution in [-0.2, 0) is 4.79 Å². The molecule has 6 heteroatoms. The van der Waals surface area contributed by atoms with Crippen LogP contribution in [0, 0.1) is 19.3 Å². The van der Waals surface area contributed by atoms with Crippen molar-refractivity contribution in [2.75, 3.05) is 25.0 Å². The summed E-state index contributed by atoms with van der Waals surface area (Å²) in [5, 5.41) is 7.64. The van der Waals surface area contributed by atoms with Gasteiger partial charge in [0.2, 0.25) is 5.91 Å². The number of benzene rings is 1. The zero-order valence-electron chi connectivity index (χ0n) is 16.1. The maximum absolute atomic E-state index is 12.6. The highest BCUT2D eigenvalue weighted by Gasteiger charge is 2.34. The molecule has 1 atom stereocenters. The fraction of sp³-hybridized carbons (Fsp3) is 0.500. The van der Waals surface area contributed by atoms with Gasteiger partial charge in [-0.05, 0) is 37.8 Å². The van der Waals surface area contributed by atoms with E-state index in [4.69, 9.17) is 5.73 Å². The number of nitrogens with zero attached hydrogens (tertiary/aromatic N) is 3. The van der Waals surface area contributed by atoms with Gasteiger partial charge >= 0.3 is 0 Å². The Balaban J connectivity index is 1.70. The van der Waals surface area contributed by atoms with Crippen LogP contribution in [0.2, 0.25) is 0 Å².